The molecule has 17 heavy (non-hydrogen) atoms. The van der Waals surface area contributed by atoms with Gasteiger partial charge >= 0.3 is 0 Å². The fourth-order valence-electron chi connectivity index (χ4n) is 2.67. The van der Waals surface area contributed by atoms with E-state index < -0.39 is 0 Å². The minimum absolute atomic E-state index is 0.535. The summed E-state index contributed by atoms with van der Waals surface area (Å²) in [6, 6.07) is 7.30. The first-order valence-corrected chi connectivity index (χ1v) is 6.07. The van der Waals surface area contributed by atoms with Gasteiger partial charge in [0.1, 0.15) is 0 Å². The molecule has 1 N–H and O–H groups in total. The van der Waals surface area contributed by atoms with Gasteiger partial charge in [-0.2, -0.15) is 5.10 Å². The van der Waals surface area contributed by atoms with Gasteiger partial charge in [0.2, 0.25) is 0 Å². The SMILES string of the molecule is CNC1CCc2cc(-c3cnn(C)c3)ccc21. The molecule has 0 fully saturated rings. The first kappa shape index (κ1) is 10.5. The van der Waals surface area contributed by atoms with Crippen molar-refractivity contribution in [2.45, 2.75) is 18.9 Å². The summed E-state index contributed by atoms with van der Waals surface area (Å²) < 4.78 is 1.85. The molecule has 1 atom stereocenters. The zero-order chi connectivity index (χ0) is 11.8. The van der Waals surface area contributed by atoms with Crippen molar-refractivity contribution in [3.63, 3.8) is 0 Å². The smallest absolute Gasteiger partial charge is 0.0568 e. The van der Waals surface area contributed by atoms with Crippen LogP contribution in [0.2, 0.25) is 0 Å². The highest BCUT2D eigenvalue weighted by Gasteiger charge is 2.21. The Labute approximate surface area is 101 Å². The summed E-state index contributed by atoms with van der Waals surface area (Å²) in [5.74, 6) is 0. The number of aryl methyl sites for hydroxylation is 2. The molecule has 0 saturated heterocycles. The highest BCUT2D eigenvalue weighted by atomic mass is 15.2. The third-order valence-electron chi connectivity index (χ3n) is 3.61. The number of rotatable bonds is 2. The van der Waals surface area contributed by atoms with Crippen molar-refractivity contribution in [2.75, 3.05) is 7.05 Å². The Morgan fingerprint density at radius 1 is 1.35 bits per heavy atom. The molecule has 1 unspecified atom stereocenters. The summed E-state index contributed by atoms with van der Waals surface area (Å²) in [7, 11) is 3.99. The van der Waals surface area contributed by atoms with E-state index in [-0.39, 0.29) is 0 Å². The van der Waals surface area contributed by atoms with Crippen molar-refractivity contribution in [3.05, 3.63) is 41.7 Å². The van der Waals surface area contributed by atoms with Crippen LogP contribution in [0.1, 0.15) is 23.6 Å². The summed E-state index contributed by atoms with van der Waals surface area (Å²) in [5, 5.41) is 7.59. The van der Waals surface area contributed by atoms with E-state index in [2.05, 4.69) is 34.8 Å². The van der Waals surface area contributed by atoms with Crippen LogP contribution in [-0.2, 0) is 13.5 Å². The largest absolute Gasteiger partial charge is 0.313 e. The molecule has 1 aromatic heterocycles. The lowest BCUT2D eigenvalue weighted by Gasteiger charge is -2.10. The number of hydrogen-bond acceptors (Lipinski definition) is 2. The van der Waals surface area contributed by atoms with Crippen molar-refractivity contribution in [3.8, 4) is 11.1 Å². The standard InChI is InChI=1S/C14H17N3/c1-15-14-6-4-11-7-10(3-5-13(11)14)12-8-16-17(2)9-12/h3,5,7-9,14-15H,4,6H2,1-2H3. The Hall–Kier alpha value is -1.61. The second-order valence-electron chi connectivity index (χ2n) is 4.70. The molecule has 3 nitrogen and oxygen atoms in total. The zero-order valence-electron chi connectivity index (χ0n) is 10.3. The van der Waals surface area contributed by atoms with E-state index in [4.69, 9.17) is 0 Å². The molecule has 1 heterocycles. The van der Waals surface area contributed by atoms with Crippen LogP contribution < -0.4 is 5.32 Å². The molecule has 1 aliphatic carbocycles. The van der Waals surface area contributed by atoms with Gasteiger partial charge in [0.05, 0.1) is 6.20 Å². The fourth-order valence-corrected chi connectivity index (χ4v) is 2.67. The van der Waals surface area contributed by atoms with Crippen molar-refractivity contribution < 1.29 is 0 Å². The van der Waals surface area contributed by atoms with Crippen LogP contribution in [0.25, 0.3) is 11.1 Å². The normalized spacial score (nSPS) is 18.4. The Morgan fingerprint density at radius 2 is 2.24 bits per heavy atom. The minimum Gasteiger partial charge on any atom is -0.313 e. The van der Waals surface area contributed by atoms with E-state index in [1.165, 1.54) is 35.1 Å². The topological polar surface area (TPSA) is 29.9 Å². The van der Waals surface area contributed by atoms with Gasteiger partial charge in [-0.15, -0.1) is 0 Å². The molecular formula is C14H17N3. The molecule has 88 valence electrons. The second kappa shape index (κ2) is 4.00. The number of nitrogens with zero attached hydrogens (tertiary/aromatic N) is 2. The lowest BCUT2D eigenvalue weighted by Crippen LogP contribution is -2.12. The third-order valence-corrected chi connectivity index (χ3v) is 3.61. The first-order chi connectivity index (χ1) is 8.28. The molecule has 3 heteroatoms. The lowest BCUT2D eigenvalue weighted by molar-refractivity contribution is 0.590. The van der Waals surface area contributed by atoms with E-state index in [1.807, 2.05) is 25.0 Å². The fraction of sp³-hybridized carbons (Fsp3) is 0.357. The van der Waals surface area contributed by atoms with Crippen LogP contribution in [0.4, 0.5) is 0 Å². The van der Waals surface area contributed by atoms with Gasteiger partial charge < -0.3 is 5.32 Å². The summed E-state index contributed by atoms with van der Waals surface area (Å²) >= 11 is 0. The molecule has 0 radical (unpaired) electrons. The maximum atomic E-state index is 4.22. The van der Waals surface area contributed by atoms with Gasteiger partial charge in [-0.3, -0.25) is 4.68 Å². The van der Waals surface area contributed by atoms with Crippen LogP contribution in [0.15, 0.2) is 30.6 Å². The summed E-state index contributed by atoms with van der Waals surface area (Å²) in [4.78, 5) is 0. The average molecular weight is 227 g/mol. The van der Waals surface area contributed by atoms with Crippen LogP contribution in [0.5, 0.6) is 0 Å². The van der Waals surface area contributed by atoms with Crippen molar-refractivity contribution in [1.29, 1.82) is 0 Å². The first-order valence-electron chi connectivity index (χ1n) is 6.07. The van der Waals surface area contributed by atoms with Gasteiger partial charge in [-0.05, 0) is 36.6 Å². The van der Waals surface area contributed by atoms with Crippen LogP contribution in [0, 0.1) is 0 Å². The molecule has 0 bridgehead atoms. The number of aromatic nitrogens is 2. The summed E-state index contributed by atoms with van der Waals surface area (Å²) in [6.45, 7) is 0. The van der Waals surface area contributed by atoms with Gasteiger partial charge in [-0.25, -0.2) is 0 Å². The maximum absolute atomic E-state index is 4.22. The summed E-state index contributed by atoms with van der Waals surface area (Å²) in [5.41, 5.74) is 5.41. The molecule has 0 aliphatic heterocycles. The molecule has 2 aromatic rings. The van der Waals surface area contributed by atoms with Crippen molar-refractivity contribution in [1.82, 2.24) is 15.1 Å². The Kier molecular flexibility index (Phi) is 2.48. The molecule has 0 saturated carbocycles. The van der Waals surface area contributed by atoms with E-state index in [1.54, 1.807) is 0 Å². The van der Waals surface area contributed by atoms with Crippen molar-refractivity contribution >= 4 is 0 Å². The second-order valence-corrected chi connectivity index (χ2v) is 4.70. The Morgan fingerprint density at radius 3 is 2.94 bits per heavy atom. The number of nitrogens with one attached hydrogen (secondary N) is 1. The van der Waals surface area contributed by atoms with E-state index in [0.29, 0.717) is 6.04 Å². The molecular weight excluding hydrogens is 210 g/mol. The predicted molar refractivity (Wildman–Crippen MR) is 68.8 cm³/mol. The van der Waals surface area contributed by atoms with Gasteiger partial charge in [0.25, 0.3) is 0 Å². The lowest BCUT2D eigenvalue weighted by atomic mass is 10.0. The van der Waals surface area contributed by atoms with E-state index in [0.717, 1.165) is 0 Å². The zero-order valence-corrected chi connectivity index (χ0v) is 10.3. The average Bonchev–Trinajstić information content (AvgIpc) is 2.94. The van der Waals surface area contributed by atoms with Crippen LogP contribution >= 0.6 is 0 Å². The molecule has 1 aliphatic rings. The molecule has 0 spiro atoms. The summed E-state index contributed by atoms with van der Waals surface area (Å²) in [6.07, 6.45) is 6.37. The number of fused-ring (bicyclic) bond motifs is 1. The van der Waals surface area contributed by atoms with Gasteiger partial charge in [0, 0.05) is 24.8 Å². The highest BCUT2D eigenvalue weighted by Crippen LogP contribution is 2.33. The molecule has 3 rings (SSSR count). The van der Waals surface area contributed by atoms with Gasteiger partial charge in [0.15, 0.2) is 0 Å². The van der Waals surface area contributed by atoms with Crippen LogP contribution in [0.3, 0.4) is 0 Å². The van der Waals surface area contributed by atoms with E-state index in [9.17, 15) is 0 Å². The van der Waals surface area contributed by atoms with Crippen molar-refractivity contribution in [2.24, 2.45) is 7.05 Å². The molecule has 0 amide bonds. The Bertz CT molecular complexity index is 542. The van der Waals surface area contributed by atoms with E-state index >= 15 is 0 Å². The van der Waals surface area contributed by atoms with Crippen LogP contribution in [-0.4, -0.2) is 16.8 Å². The monoisotopic (exact) mass is 227 g/mol. The highest BCUT2D eigenvalue weighted by molar-refractivity contribution is 5.64. The maximum Gasteiger partial charge on any atom is 0.0568 e. The number of benzene rings is 1. The minimum atomic E-state index is 0.535. The molecule has 1 aromatic carbocycles. The van der Waals surface area contributed by atoms with Gasteiger partial charge in [-0.1, -0.05) is 18.2 Å². The predicted octanol–water partition coefficient (Wildman–Crippen LogP) is 2.29. The quantitative estimate of drug-likeness (QED) is 0.853. The Balaban J connectivity index is 2.00. The third kappa shape index (κ3) is 1.76. The number of hydrogen-bond donors (Lipinski definition) is 1.